The summed E-state index contributed by atoms with van der Waals surface area (Å²) in [7, 11) is 0. The molecule has 0 saturated carbocycles. The predicted molar refractivity (Wildman–Crippen MR) is 87.1 cm³/mol. The molecule has 0 aliphatic heterocycles. The lowest BCUT2D eigenvalue weighted by molar-refractivity contribution is 0.931. The number of benzene rings is 1. The number of aromatic amines is 2. The predicted octanol–water partition coefficient (Wildman–Crippen LogP) is 3.23. The zero-order valence-electron chi connectivity index (χ0n) is 12.1. The van der Waals surface area contributed by atoms with Crippen LogP contribution in [0.4, 0.5) is 0 Å². The van der Waals surface area contributed by atoms with E-state index < -0.39 is 0 Å². The van der Waals surface area contributed by atoms with Gasteiger partial charge in [0.15, 0.2) is 0 Å². The molecule has 0 radical (unpaired) electrons. The summed E-state index contributed by atoms with van der Waals surface area (Å²) >= 11 is 1.73. The number of para-hydroxylation sites is 1. The normalized spacial score (nSPS) is 11.3. The van der Waals surface area contributed by atoms with Crippen LogP contribution < -0.4 is 0 Å². The summed E-state index contributed by atoms with van der Waals surface area (Å²) in [5.41, 5.74) is 3.14. The van der Waals surface area contributed by atoms with Crippen LogP contribution in [0, 0.1) is 6.92 Å². The molecule has 3 aromatic heterocycles. The minimum absolute atomic E-state index is 0.688. The Labute approximate surface area is 131 Å². The first-order chi connectivity index (χ1) is 10.8. The molecule has 4 aromatic rings. The molecule has 22 heavy (non-hydrogen) atoms. The quantitative estimate of drug-likeness (QED) is 0.608. The minimum atomic E-state index is 0.688. The highest BCUT2D eigenvalue weighted by Gasteiger charge is 2.08. The van der Waals surface area contributed by atoms with Gasteiger partial charge in [0, 0.05) is 24.5 Å². The summed E-state index contributed by atoms with van der Waals surface area (Å²) in [6.45, 7) is 2.00. The fourth-order valence-corrected chi connectivity index (χ4v) is 3.43. The number of hydrogen-bond acceptors (Lipinski definition) is 4. The number of H-pyrrole nitrogens is 2. The first kappa shape index (κ1) is 13.2. The van der Waals surface area contributed by atoms with Crippen molar-refractivity contribution < 1.29 is 0 Å². The summed E-state index contributed by atoms with van der Waals surface area (Å²) in [5, 5.41) is 1.09. The molecule has 6 heteroatoms. The highest BCUT2D eigenvalue weighted by atomic mass is 32.1. The second-order valence-corrected chi connectivity index (χ2v) is 6.40. The summed E-state index contributed by atoms with van der Waals surface area (Å²) in [6, 6.07) is 8.21. The number of aromatic nitrogens is 5. The molecule has 0 bridgehead atoms. The van der Waals surface area contributed by atoms with Crippen molar-refractivity contribution in [2.45, 2.75) is 19.8 Å². The average molecular weight is 309 g/mol. The van der Waals surface area contributed by atoms with E-state index in [0.717, 1.165) is 40.0 Å². The molecule has 0 amide bonds. The highest BCUT2D eigenvalue weighted by molar-refractivity contribution is 7.18. The molecule has 0 spiro atoms. The maximum Gasteiger partial charge on any atom is 0.113 e. The topological polar surface area (TPSA) is 70.2 Å². The third-order valence-electron chi connectivity index (χ3n) is 3.44. The Morgan fingerprint density at radius 2 is 2.00 bits per heavy atom. The van der Waals surface area contributed by atoms with Gasteiger partial charge in [-0.1, -0.05) is 12.1 Å². The number of fused-ring (bicyclic) bond motifs is 1. The van der Waals surface area contributed by atoms with Gasteiger partial charge in [-0.15, -0.1) is 11.3 Å². The van der Waals surface area contributed by atoms with Crippen LogP contribution in [0.5, 0.6) is 0 Å². The van der Waals surface area contributed by atoms with Gasteiger partial charge < -0.3 is 9.97 Å². The number of nitrogens with one attached hydrogen (secondary N) is 2. The van der Waals surface area contributed by atoms with Gasteiger partial charge >= 0.3 is 0 Å². The van der Waals surface area contributed by atoms with E-state index in [4.69, 9.17) is 0 Å². The zero-order chi connectivity index (χ0) is 14.9. The standard InChI is InChI=1S/C16H15N5S/c1-10-8-17-14(19-10)7-15-18-9-11(20-15)6-16-21-12-4-2-3-5-13(12)22-16/h2-5,8-9H,6-7H2,1H3,(H,17,19)(H,18,20). The Kier molecular flexibility index (Phi) is 3.23. The molecular formula is C16H15N5S. The highest BCUT2D eigenvalue weighted by Crippen LogP contribution is 2.23. The van der Waals surface area contributed by atoms with Crippen LogP contribution in [-0.2, 0) is 12.8 Å². The lowest BCUT2D eigenvalue weighted by Crippen LogP contribution is -1.94. The van der Waals surface area contributed by atoms with Crippen LogP contribution in [0.15, 0.2) is 36.7 Å². The Balaban J connectivity index is 1.51. The van der Waals surface area contributed by atoms with Crippen molar-refractivity contribution in [2.75, 3.05) is 0 Å². The van der Waals surface area contributed by atoms with Crippen LogP contribution in [-0.4, -0.2) is 24.9 Å². The average Bonchev–Trinajstić information content (AvgIpc) is 3.20. The number of hydrogen-bond donors (Lipinski definition) is 2. The van der Waals surface area contributed by atoms with E-state index >= 15 is 0 Å². The smallest absolute Gasteiger partial charge is 0.113 e. The molecule has 2 N–H and O–H groups in total. The molecule has 3 heterocycles. The number of nitrogens with zero attached hydrogens (tertiary/aromatic N) is 3. The Morgan fingerprint density at radius 3 is 2.82 bits per heavy atom. The molecule has 0 saturated heterocycles. The van der Waals surface area contributed by atoms with Gasteiger partial charge in [-0.05, 0) is 19.1 Å². The van der Waals surface area contributed by atoms with E-state index in [1.54, 1.807) is 11.3 Å². The van der Waals surface area contributed by atoms with E-state index in [-0.39, 0.29) is 0 Å². The van der Waals surface area contributed by atoms with E-state index in [1.165, 1.54) is 4.70 Å². The van der Waals surface area contributed by atoms with Crippen LogP contribution in [0.2, 0.25) is 0 Å². The minimum Gasteiger partial charge on any atom is -0.348 e. The monoisotopic (exact) mass is 309 g/mol. The lowest BCUT2D eigenvalue weighted by Gasteiger charge is -1.92. The largest absolute Gasteiger partial charge is 0.348 e. The second kappa shape index (κ2) is 5.38. The molecule has 0 aliphatic rings. The van der Waals surface area contributed by atoms with Crippen LogP contribution in [0.25, 0.3) is 10.2 Å². The molecule has 0 aliphatic carbocycles. The van der Waals surface area contributed by atoms with Gasteiger partial charge in [-0.25, -0.2) is 15.0 Å². The maximum atomic E-state index is 4.65. The van der Waals surface area contributed by atoms with Crippen LogP contribution in [0.1, 0.15) is 28.0 Å². The van der Waals surface area contributed by atoms with Crippen molar-refractivity contribution in [2.24, 2.45) is 0 Å². The fraction of sp³-hybridized carbons (Fsp3) is 0.188. The van der Waals surface area contributed by atoms with Crippen molar-refractivity contribution >= 4 is 21.6 Å². The summed E-state index contributed by atoms with van der Waals surface area (Å²) < 4.78 is 1.22. The van der Waals surface area contributed by atoms with Crippen LogP contribution >= 0.6 is 11.3 Å². The number of thiazole rings is 1. The maximum absolute atomic E-state index is 4.65. The molecule has 4 rings (SSSR count). The van der Waals surface area contributed by atoms with Crippen molar-refractivity contribution in [3.63, 3.8) is 0 Å². The Morgan fingerprint density at radius 1 is 1.09 bits per heavy atom. The van der Waals surface area contributed by atoms with Gasteiger partial charge in [0.1, 0.15) is 11.6 Å². The van der Waals surface area contributed by atoms with Gasteiger partial charge in [0.25, 0.3) is 0 Å². The van der Waals surface area contributed by atoms with Crippen molar-refractivity contribution in [3.05, 3.63) is 64.7 Å². The first-order valence-corrected chi connectivity index (χ1v) is 7.96. The fourth-order valence-electron chi connectivity index (χ4n) is 2.45. The van der Waals surface area contributed by atoms with Gasteiger partial charge in [0.05, 0.1) is 27.3 Å². The Hall–Kier alpha value is -2.47. The van der Waals surface area contributed by atoms with Gasteiger partial charge in [-0.2, -0.15) is 0 Å². The molecule has 0 unspecified atom stereocenters. The molecule has 0 fully saturated rings. The van der Waals surface area contributed by atoms with E-state index in [2.05, 4.69) is 31.0 Å². The van der Waals surface area contributed by atoms with Crippen molar-refractivity contribution in [1.82, 2.24) is 24.9 Å². The van der Waals surface area contributed by atoms with E-state index in [1.807, 2.05) is 37.5 Å². The first-order valence-electron chi connectivity index (χ1n) is 7.14. The third-order valence-corrected chi connectivity index (χ3v) is 4.48. The van der Waals surface area contributed by atoms with Gasteiger partial charge in [0.2, 0.25) is 0 Å². The summed E-state index contributed by atoms with van der Waals surface area (Å²) in [5.74, 6) is 1.85. The Bertz CT molecular complexity index is 884. The lowest BCUT2D eigenvalue weighted by atomic mass is 10.3. The van der Waals surface area contributed by atoms with E-state index in [9.17, 15) is 0 Å². The molecule has 110 valence electrons. The molecule has 1 aromatic carbocycles. The van der Waals surface area contributed by atoms with Crippen LogP contribution in [0.3, 0.4) is 0 Å². The number of imidazole rings is 2. The summed E-state index contributed by atoms with van der Waals surface area (Å²) in [6.07, 6.45) is 5.23. The number of rotatable bonds is 4. The number of aryl methyl sites for hydroxylation is 1. The third kappa shape index (κ3) is 2.65. The SMILES string of the molecule is Cc1cnc(Cc2nc(Cc3nc4ccccc4s3)c[nH]2)[nH]1. The molecule has 5 nitrogen and oxygen atoms in total. The summed E-state index contributed by atoms with van der Waals surface area (Å²) in [4.78, 5) is 20.0. The second-order valence-electron chi connectivity index (χ2n) is 5.28. The van der Waals surface area contributed by atoms with Crippen molar-refractivity contribution in [1.29, 1.82) is 0 Å². The molecule has 0 atom stereocenters. The van der Waals surface area contributed by atoms with Crippen molar-refractivity contribution in [3.8, 4) is 0 Å². The van der Waals surface area contributed by atoms with E-state index in [0.29, 0.717) is 6.42 Å². The van der Waals surface area contributed by atoms with Gasteiger partial charge in [-0.3, -0.25) is 0 Å². The zero-order valence-corrected chi connectivity index (χ0v) is 12.9. The molecular weight excluding hydrogens is 294 g/mol.